The SMILES string of the molecule is Cc1csc(N2CCCN(C(=O)c3cc(-c4ccncc4)nc4ccccc34)CC2)n1. The van der Waals surface area contributed by atoms with Crippen LogP contribution in [0.3, 0.4) is 0 Å². The molecule has 4 aromatic rings. The van der Waals surface area contributed by atoms with Crippen molar-refractivity contribution in [2.45, 2.75) is 13.3 Å². The molecule has 7 heteroatoms. The summed E-state index contributed by atoms with van der Waals surface area (Å²) in [4.78, 5) is 31.4. The van der Waals surface area contributed by atoms with E-state index in [9.17, 15) is 4.79 Å². The second-order valence-corrected chi connectivity index (χ2v) is 8.55. The third kappa shape index (κ3) is 4.01. The van der Waals surface area contributed by atoms with Crippen molar-refractivity contribution in [3.8, 4) is 11.3 Å². The highest BCUT2D eigenvalue weighted by molar-refractivity contribution is 7.13. The molecule has 1 amide bonds. The summed E-state index contributed by atoms with van der Waals surface area (Å²) in [5.41, 5.74) is 4.32. The van der Waals surface area contributed by atoms with Crippen LogP contribution in [0.4, 0.5) is 5.13 Å². The number of aryl methyl sites for hydroxylation is 1. The third-order valence-corrected chi connectivity index (χ3v) is 6.60. The van der Waals surface area contributed by atoms with Crippen LogP contribution in [0.5, 0.6) is 0 Å². The number of aromatic nitrogens is 3. The van der Waals surface area contributed by atoms with Gasteiger partial charge < -0.3 is 9.80 Å². The monoisotopic (exact) mass is 429 g/mol. The second kappa shape index (κ2) is 8.43. The fourth-order valence-electron chi connectivity index (χ4n) is 3.99. The molecular weight excluding hydrogens is 406 g/mol. The zero-order valence-corrected chi connectivity index (χ0v) is 18.2. The van der Waals surface area contributed by atoms with Gasteiger partial charge in [0.05, 0.1) is 22.5 Å². The normalized spacial score (nSPS) is 14.6. The van der Waals surface area contributed by atoms with Crippen molar-refractivity contribution in [3.05, 3.63) is 71.5 Å². The van der Waals surface area contributed by atoms with Crippen LogP contribution >= 0.6 is 11.3 Å². The minimum atomic E-state index is 0.0612. The van der Waals surface area contributed by atoms with Gasteiger partial charge in [-0.2, -0.15) is 0 Å². The first kappa shape index (κ1) is 19.6. The minimum Gasteiger partial charge on any atom is -0.346 e. The Morgan fingerprint density at radius 1 is 1.00 bits per heavy atom. The van der Waals surface area contributed by atoms with Gasteiger partial charge in [0.15, 0.2) is 5.13 Å². The van der Waals surface area contributed by atoms with Gasteiger partial charge in [0, 0.05) is 54.9 Å². The summed E-state index contributed by atoms with van der Waals surface area (Å²) in [7, 11) is 0. The zero-order chi connectivity index (χ0) is 21.2. The number of hydrogen-bond acceptors (Lipinski definition) is 6. The molecule has 4 heterocycles. The maximum atomic E-state index is 13.7. The molecule has 1 aliphatic rings. The van der Waals surface area contributed by atoms with Gasteiger partial charge in [-0.3, -0.25) is 9.78 Å². The fourth-order valence-corrected chi connectivity index (χ4v) is 4.85. The molecule has 5 rings (SSSR count). The van der Waals surface area contributed by atoms with Crippen molar-refractivity contribution in [2.75, 3.05) is 31.1 Å². The van der Waals surface area contributed by atoms with Gasteiger partial charge in [-0.25, -0.2) is 9.97 Å². The van der Waals surface area contributed by atoms with Crippen molar-refractivity contribution in [1.29, 1.82) is 0 Å². The minimum absolute atomic E-state index is 0.0612. The molecule has 31 heavy (non-hydrogen) atoms. The summed E-state index contributed by atoms with van der Waals surface area (Å²) in [6.07, 6.45) is 4.42. The number of thiazole rings is 1. The van der Waals surface area contributed by atoms with Gasteiger partial charge in [-0.1, -0.05) is 18.2 Å². The van der Waals surface area contributed by atoms with Crippen LogP contribution in [0.1, 0.15) is 22.5 Å². The summed E-state index contributed by atoms with van der Waals surface area (Å²) in [6, 6.07) is 13.6. The Kier molecular flexibility index (Phi) is 5.34. The molecule has 0 bridgehead atoms. The van der Waals surface area contributed by atoms with Gasteiger partial charge in [0.25, 0.3) is 5.91 Å². The molecule has 0 radical (unpaired) electrons. The van der Waals surface area contributed by atoms with E-state index in [0.717, 1.165) is 59.0 Å². The number of benzene rings is 1. The Labute approximate surface area is 185 Å². The van der Waals surface area contributed by atoms with Gasteiger partial charge in [0.2, 0.25) is 0 Å². The molecule has 6 nitrogen and oxygen atoms in total. The molecule has 1 aromatic carbocycles. The molecule has 0 aliphatic carbocycles. The van der Waals surface area contributed by atoms with E-state index in [1.165, 1.54) is 0 Å². The first-order valence-electron chi connectivity index (χ1n) is 10.5. The molecule has 0 N–H and O–H groups in total. The van der Waals surface area contributed by atoms with Crippen LogP contribution in [-0.2, 0) is 0 Å². The van der Waals surface area contributed by atoms with E-state index in [1.54, 1.807) is 23.7 Å². The van der Waals surface area contributed by atoms with Gasteiger partial charge in [-0.05, 0) is 37.6 Å². The first-order chi connectivity index (χ1) is 15.2. The Balaban J connectivity index is 1.46. The van der Waals surface area contributed by atoms with Crippen molar-refractivity contribution < 1.29 is 4.79 Å². The lowest BCUT2D eigenvalue weighted by Crippen LogP contribution is -2.35. The molecule has 1 aliphatic heterocycles. The van der Waals surface area contributed by atoms with Crippen LogP contribution in [0.2, 0.25) is 0 Å². The molecule has 0 atom stereocenters. The summed E-state index contributed by atoms with van der Waals surface area (Å²) in [5, 5.41) is 4.01. The van der Waals surface area contributed by atoms with Crippen LogP contribution < -0.4 is 4.90 Å². The number of nitrogens with zero attached hydrogens (tertiary/aromatic N) is 5. The van der Waals surface area contributed by atoms with E-state index in [0.29, 0.717) is 12.1 Å². The van der Waals surface area contributed by atoms with E-state index >= 15 is 0 Å². The quantitative estimate of drug-likeness (QED) is 0.483. The number of rotatable bonds is 3. The summed E-state index contributed by atoms with van der Waals surface area (Å²) < 4.78 is 0. The van der Waals surface area contributed by atoms with Crippen LogP contribution in [0, 0.1) is 6.92 Å². The number of pyridine rings is 2. The molecule has 156 valence electrons. The van der Waals surface area contributed by atoms with Gasteiger partial charge in [0.1, 0.15) is 0 Å². The highest BCUT2D eigenvalue weighted by atomic mass is 32.1. The lowest BCUT2D eigenvalue weighted by atomic mass is 10.0. The van der Waals surface area contributed by atoms with Crippen LogP contribution in [0.25, 0.3) is 22.2 Å². The van der Waals surface area contributed by atoms with Gasteiger partial charge in [-0.15, -0.1) is 11.3 Å². The van der Waals surface area contributed by atoms with Crippen molar-refractivity contribution in [2.24, 2.45) is 0 Å². The molecule has 1 saturated heterocycles. The molecule has 3 aromatic heterocycles. The average molecular weight is 430 g/mol. The number of amides is 1. The smallest absolute Gasteiger partial charge is 0.254 e. The van der Waals surface area contributed by atoms with Gasteiger partial charge >= 0.3 is 0 Å². The fraction of sp³-hybridized carbons (Fsp3) is 0.250. The predicted octanol–water partition coefficient (Wildman–Crippen LogP) is 4.41. The number of fused-ring (bicyclic) bond motifs is 1. The molecule has 0 spiro atoms. The predicted molar refractivity (Wildman–Crippen MR) is 125 cm³/mol. The first-order valence-corrected chi connectivity index (χ1v) is 11.3. The topological polar surface area (TPSA) is 62.2 Å². The van der Waals surface area contributed by atoms with E-state index < -0.39 is 0 Å². The van der Waals surface area contributed by atoms with Crippen molar-refractivity contribution in [3.63, 3.8) is 0 Å². The lowest BCUT2D eigenvalue weighted by Gasteiger charge is -2.22. The molecule has 1 fully saturated rings. The Morgan fingerprint density at radius 3 is 2.65 bits per heavy atom. The lowest BCUT2D eigenvalue weighted by molar-refractivity contribution is 0.0769. The summed E-state index contributed by atoms with van der Waals surface area (Å²) >= 11 is 1.67. The Morgan fingerprint density at radius 2 is 1.84 bits per heavy atom. The van der Waals surface area contributed by atoms with E-state index in [-0.39, 0.29) is 5.91 Å². The average Bonchev–Trinajstić information content (AvgIpc) is 3.10. The molecule has 0 unspecified atom stereocenters. The standard InChI is InChI=1S/C24H23N5OS/c1-17-16-31-24(26-17)29-12-4-11-28(13-14-29)23(30)20-15-22(18-7-9-25-10-8-18)27-21-6-3-2-5-19(20)21/h2-3,5-10,15-16H,4,11-14H2,1H3. The molecule has 0 saturated carbocycles. The number of anilines is 1. The van der Waals surface area contributed by atoms with Crippen molar-refractivity contribution >= 4 is 33.3 Å². The number of carbonyl (C=O) groups excluding carboxylic acids is 1. The third-order valence-electron chi connectivity index (χ3n) is 5.58. The van der Waals surface area contributed by atoms with E-state index in [1.807, 2.05) is 54.3 Å². The summed E-state index contributed by atoms with van der Waals surface area (Å²) in [6.45, 7) is 5.14. The highest BCUT2D eigenvalue weighted by Crippen LogP contribution is 2.27. The Hall–Kier alpha value is -3.32. The zero-order valence-electron chi connectivity index (χ0n) is 17.4. The number of carbonyl (C=O) groups is 1. The number of para-hydroxylation sites is 1. The summed E-state index contributed by atoms with van der Waals surface area (Å²) in [5.74, 6) is 0.0612. The number of hydrogen-bond donors (Lipinski definition) is 0. The largest absolute Gasteiger partial charge is 0.346 e. The Bertz CT molecular complexity index is 1220. The van der Waals surface area contributed by atoms with Crippen LogP contribution in [-0.4, -0.2) is 51.9 Å². The van der Waals surface area contributed by atoms with E-state index in [2.05, 4.69) is 20.2 Å². The molecular formula is C24H23N5OS. The second-order valence-electron chi connectivity index (χ2n) is 7.71. The van der Waals surface area contributed by atoms with Crippen LogP contribution in [0.15, 0.2) is 60.2 Å². The maximum Gasteiger partial charge on any atom is 0.254 e. The highest BCUT2D eigenvalue weighted by Gasteiger charge is 2.24. The van der Waals surface area contributed by atoms with Crippen molar-refractivity contribution in [1.82, 2.24) is 19.9 Å². The maximum absolute atomic E-state index is 13.7. The van der Waals surface area contributed by atoms with E-state index in [4.69, 9.17) is 4.98 Å².